The molecule has 0 aliphatic heterocycles. The van der Waals surface area contributed by atoms with Gasteiger partial charge in [0.05, 0.1) is 19.8 Å². The lowest BCUT2D eigenvalue weighted by molar-refractivity contribution is -0.153. The summed E-state index contributed by atoms with van der Waals surface area (Å²) in [6, 6.07) is 2.05. The zero-order valence-electron chi connectivity index (χ0n) is 12.2. The molecule has 0 aliphatic carbocycles. The van der Waals surface area contributed by atoms with Gasteiger partial charge in [-0.15, -0.1) is 0 Å². The van der Waals surface area contributed by atoms with Crippen molar-refractivity contribution >= 4 is 11.9 Å². The smallest absolute Gasteiger partial charge is 0.326 e. The Morgan fingerprint density at radius 3 is 2.37 bits per heavy atom. The van der Waals surface area contributed by atoms with E-state index in [1.165, 1.54) is 7.11 Å². The predicted octanol–water partition coefficient (Wildman–Crippen LogP) is 2.45. The van der Waals surface area contributed by atoms with Gasteiger partial charge in [-0.3, -0.25) is 9.59 Å². The van der Waals surface area contributed by atoms with Crippen LogP contribution in [0.25, 0.3) is 0 Å². The molecule has 0 radical (unpaired) electrons. The second kappa shape index (κ2) is 8.52. The number of esters is 2. The number of rotatable bonds is 8. The molecular formula is C14H23NO4. The molecule has 0 aliphatic rings. The van der Waals surface area contributed by atoms with Crippen LogP contribution in [0.15, 0.2) is 0 Å². The predicted molar refractivity (Wildman–Crippen MR) is 70.0 cm³/mol. The third kappa shape index (κ3) is 5.73. The number of hydrogen-bond donors (Lipinski definition) is 0. The van der Waals surface area contributed by atoms with Gasteiger partial charge in [0, 0.05) is 6.42 Å². The van der Waals surface area contributed by atoms with Crippen LogP contribution in [-0.4, -0.2) is 25.7 Å². The van der Waals surface area contributed by atoms with Gasteiger partial charge in [0.15, 0.2) is 5.41 Å². The molecule has 19 heavy (non-hydrogen) atoms. The maximum absolute atomic E-state index is 12.0. The van der Waals surface area contributed by atoms with Gasteiger partial charge in [0.25, 0.3) is 0 Å². The van der Waals surface area contributed by atoms with E-state index in [1.54, 1.807) is 6.92 Å². The van der Waals surface area contributed by atoms with Crippen molar-refractivity contribution in [1.29, 1.82) is 5.26 Å². The van der Waals surface area contributed by atoms with E-state index in [1.807, 2.05) is 13.8 Å². The van der Waals surface area contributed by atoms with Gasteiger partial charge >= 0.3 is 11.9 Å². The number of carbonyl (C=O) groups is 2. The summed E-state index contributed by atoms with van der Waals surface area (Å²) in [6.07, 6.45) is 1.31. The van der Waals surface area contributed by atoms with E-state index in [-0.39, 0.29) is 19.4 Å². The van der Waals surface area contributed by atoms with Crippen molar-refractivity contribution in [3.63, 3.8) is 0 Å². The Labute approximate surface area is 114 Å². The largest absolute Gasteiger partial charge is 0.469 e. The zero-order chi connectivity index (χ0) is 14.9. The minimum atomic E-state index is -1.24. The van der Waals surface area contributed by atoms with Gasteiger partial charge in [-0.2, -0.15) is 5.26 Å². The van der Waals surface area contributed by atoms with Crippen LogP contribution >= 0.6 is 0 Å². The Morgan fingerprint density at radius 2 is 1.95 bits per heavy atom. The molecular weight excluding hydrogens is 246 g/mol. The maximum Gasteiger partial charge on any atom is 0.326 e. The lowest BCUT2D eigenvalue weighted by atomic mass is 9.79. The monoisotopic (exact) mass is 269 g/mol. The Morgan fingerprint density at radius 1 is 1.32 bits per heavy atom. The third-order valence-electron chi connectivity index (χ3n) is 3.01. The fourth-order valence-electron chi connectivity index (χ4n) is 1.71. The molecule has 5 nitrogen and oxygen atoms in total. The summed E-state index contributed by atoms with van der Waals surface area (Å²) in [5.41, 5.74) is -1.24. The molecule has 0 saturated carbocycles. The van der Waals surface area contributed by atoms with Crippen LogP contribution in [0, 0.1) is 22.7 Å². The summed E-state index contributed by atoms with van der Waals surface area (Å²) in [4.78, 5) is 23.2. The van der Waals surface area contributed by atoms with Crippen LogP contribution in [0.5, 0.6) is 0 Å². The number of ether oxygens (including phenoxy) is 2. The Hall–Kier alpha value is -1.57. The Kier molecular flexibility index (Phi) is 7.81. The van der Waals surface area contributed by atoms with Gasteiger partial charge in [0.1, 0.15) is 0 Å². The van der Waals surface area contributed by atoms with Crippen LogP contribution in [0.2, 0.25) is 0 Å². The first-order valence-electron chi connectivity index (χ1n) is 6.57. The van der Waals surface area contributed by atoms with Crippen molar-refractivity contribution in [2.24, 2.45) is 11.3 Å². The number of carbonyl (C=O) groups excluding carboxylic acids is 2. The minimum absolute atomic E-state index is 0.0426. The summed E-state index contributed by atoms with van der Waals surface area (Å²) >= 11 is 0. The van der Waals surface area contributed by atoms with Crippen molar-refractivity contribution in [2.45, 2.75) is 46.5 Å². The van der Waals surface area contributed by atoms with E-state index < -0.39 is 17.4 Å². The summed E-state index contributed by atoms with van der Waals surface area (Å²) in [5.74, 6) is -0.587. The van der Waals surface area contributed by atoms with Crippen molar-refractivity contribution in [1.82, 2.24) is 0 Å². The molecule has 0 spiro atoms. The van der Waals surface area contributed by atoms with Crippen LogP contribution in [0.3, 0.4) is 0 Å². The molecule has 5 heteroatoms. The van der Waals surface area contributed by atoms with E-state index in [2.05, 4.69) is 10.8 Å². The highest BCUT2D eigenvalue weighted by atomic mass is 16.5. The average Bonchev–Trinajstić information content (AvgIpc) is 2.39. The van der Waals surface area contributed by atoms with Crippen molar-refractivity contribution in [3.05, 3.63) is 0 Å². The molecule has 0 saturated heterocycles. The highest BCUT2D eigenvalue weighted by Gasteiger charge is 2.40. The number of nitriles is 1. The van der Waals surface area contributed by atoms with Gasteiger partial charge < -0.3 is 9.47 Å². The summed E-state index contributed by atoms with van der Waals surface area (Å²) < 4.78 is 9.54. The molecule has 1 atom stereocenters. The molecule has 1 unspecified atom stereocenters. The highest BCUT2D eigenvalue weighted by Crippen LogP contribution is 2.32. The Bertz CT molecular complexity index is 346. The summed E-state index contributed by atoms with van der Waals surface area (Å²) in [5, 5.41) is 9.37. The van der Waals surface area contributed by atoms with Gasteiger partial charge in [-0.05, 0) is 32.1 Å². The van der Waals surface area contributed by atoms with Crippen LogP contribution in [0.4, 0.5) is 0 Å². The quantitative estimate of drug-likeness (QED) is 0.632. The normalized spacial score (nSPS) is 13.5. The van der Waals surface area contributed by atoms with Crippen LogP contribution < -0.4 is 0 Å². The van der Waals surface area contributed by atoms with Crippen LogP contribution in [-0.2, 0) is 19.1 Å². The topological polar surface area (TPSA) is 76.4 Å². The first-order valence-corrected chi connectivity index (χ1v) is 6.57. The molecule has 0 aromatic carbocycles. The fraction of sp³-hybridized carbons (Fsp3) is 0.786. The maximum atomic E-state index is 12.0. The van der Waals surface area contributed by atoms with Crippen molar-refractivity contribution < 1.29 is 19.1 Å². The first kappa shape index (κ1) is 17.4. The van der Waals surface area contributed by atoms with E-state index in [9.17, 15) is 14.9 Å². The van der Waals surface area contributed by atoms with E-state index in [0.29, 0.717) is 12.3 Å². The molecule has 0 aromatic heterocycles. The van der Waals surface area contributed by atoms with Crippen molar-refractivity contribution in [3.8, 4) is 6.07 Å². The molecule has 0 bridgehead atoms. The van der Waals surface area contributed by atoms with Gasteiger partial charge in [0.2, 0.25) is 0 Å². The van der Waals surface area contributed by atoms with Gasteiger partial charge in [-0.25, -0.2) is 0 Å². The minimum Gasteiger partial charge on any atom is -0.469 e. The first-order chi connectivity index (χ1) is 8.91. The summed E-state index contributed by atoms with van der Waals surface area (Å²) in [7, 11) is 1.29. The Balaban J connectivity index is 4.90. The molecule has 108 valence electrons. The van der Waals surface area contributed by atoms with Crippen LogP contribution in [0.1, 0.15) is 46.5 Å². The molecule has 0 aromatic rings. The lowest BCUT2D eigenvalue weighted by Gasteiger charge is -2.24. The van der Waals surface area contributed by atoms with Crippen molar-refractivity contribution in [2.75, 3.05) is 13.7 Å². The average molecular weight is 269 g/mol. The second-order valence-electron chi connectivity index (χ2n) is 4.92. The van der Waals surface area contributed by atoms with E-state index in [0.717, 1.165) is 6.42 Å². The standard InChI is InChI=1S/C14H23NO4/c1-5-19-13(17)14(10-15,8-6-11(2)3)9-7-12(16)18-4/h11H,5-9H2,1-4H3. The third-order valence-corrected chi connectivity index (χ3v) is 3.01. The van der Waals surface area contributed by atoms with E-state index in [4.69, 9.17) is 4.74 Å². The number of nitrogens with zero attached hydrogens (tertiary/aromatic N) is 1. The molecule has 0 fully saturated rings. The summed E-state index contributed by atoms with van der Waals surface area (Å²) in [6.45, 7) is 5.96. The molecule has 0 rings (SSSR count). The number of methoxy groups -OCH3 is 1. The fourth-order valence-corrected chi connectivity index (χ4v) is 1.71. The van der Waals surface area contributed by atoms with E-state index >= 15 is 0 Å². The molecule has 0 heterocycles. The van der Waals surface area contributed by atoms with Gasteiger partial charge in [-0.1, -0.05) is 13.8 Å². The lowest BCUT2D eigenvalue weighted by Crippen LogP contribution is -2.33. The highest BCUT2D eigenvalue weighted by molar-refractivity contribution is 5.81. The molecule has 0 N–H and O–H groups in total. The number of hydrogen-bond acceptors (Lipinski definition) is 5. The zero-order valence-corrected chi connectivity index (χ0v) is 12.2. The molecule has 0 amide bonds. The second-order valence-corrected chi connectivity index (χ2v) is 4.92. The SMILES string of the molecule is CCOC(=O)C(C#N)(CCC(=O)OC)CCC(C)C.